The van der Waals surface area contributed by atoms with Crippen molar-refractivity contribution < 1.29 is 17.4 Å². The van der Waals surface area contributed by atoms with Gasteiger partial charge in [-0.15, -0.1) is 24.8 Å². The number of hydrogen-bond acceptors (Lipinski definition) is 0. The first-order chi connectivity index (χ1) is 23.8. The number of fused-ring (bicyclic) bond motifs is 2. The quantitative estimate of drug-likeness (QED) is 0.155. The van der Waals surface area contributed by atoms with Crippen LogP contribution in [0.1, 0.15) is 133 Å². The third-order valence-electron chi connectivity index (χ3n) is 12.9. The normalized spacial score (nSPS) is 19.5. The van der Waals surface area contributed by atoms with E-state index in [0.29, 0.717) is 13.2 Å². The molecule has 3 unspecified atom stereocenters. The minimum atomic E-state index is -3.71. The average molecular weight is 829 g/mol. The Balaban J connectivity index is 0.00000261. The summed E-state index contributed by atoms with van der Waals surface area (Å²) in [6.45, 7) is 16.7. The van der Waals surface area contributed by atoms with E-state index in [1.807, 2.05) is 0 Å². The molecule has 0 heterocycles. The average Bonchev–Trinajstić information content (AvgIpc) is 3.68. The SMILES string of the molecule is CCCC(C)C1=Cc2c(-c3ccc(C(C)(C)C)cc3)cccc2[CH]1[Zr]([CH3])([CH3])(=[SiH2])[CH]1C(C)=Cc2c(-c3ccc(C4CCCCC4)cc3)cccc21.Cl.Cl. The maximum Gasteiger partial charge on any atom is -0.147 e. The topological polar surface area (TPSA) is 0 Å². The van der Waals surface area contributed by atoms with Crippen LogP contribution in [0.5, 0.6) is 0 Å². The fourth-order valence-corrected chi connectivity index (χ4v) is 31.0. The van der Waals surface area contributed by atoms with Gasteiger partial charge in [-0.25, -0.2) is 0 Å². The van der Waals surface area contributed by atoms with Gasteiger partial charge in [0, 0.05) is 0 Å². The zero-order valence-electron chi connectivity index (χ0n) is 33.0. The van der Waals surface area contributed by atoms with E-state index in [1.165, 1.54) is 83.9 Å². The molecule has 7 rings (SSSR count). The van der Waals surface area contributed by atoms with Crippen LogP contribution < -0.4 is 0 Å². The van der Waals surface area contributed by atoms with Crippen LogP contribution in [-0.2, 0) is 22.8 Å². The molecule has 0 saturated heterocycles. The minimum absolute atomic E-state index is 0. The van der Waals surface area contributed by atoms with Crippen LogP contribution in [0.4, 0.5) is 0 Å². The van der Waals surface area contributed by atoms with E-state index < -0.39 is 17.4 Å². The third-order valence-corrected chi connectivity index (χ3v) is 30.5. The van der Waals surface area contributed by atoms with Crippen LogP contribution in [0.15, 0.2) is 96.1 Å². The first-order valence-corrected chi connectivity index (χ1v) is 33.4. The molecule has 0 aliphatic heterocycles. The van der Waals surface area contributed by atoms with Crippen molar-refractivity contribution in [1.82, 2.24) is 0 Å². The Labute approximate surface area is 330 Å². The fourth-order valence-electron chi connectivity index (χ4n) is 10.5. The second kappa shape index (κ2) is 15.6. The molecular formula is C48H62Cl2SiZr. The molecular weight excluding hydrogens is 767 g/mol. The van der Waals surface area contributed by atoms with Gasteiger partial charge in [-0.3, -0.25) is 0 Å². The van der Waals surface area contributed by atoms with Crippen molar-refractivity contribution in [2.24, 2.45) is 5.92 Å². The summed E-state index contributed by atoms with van der Waals surface area (Å²) in [5.41, 5.74) is 18.1. The summed E-state index contributed by atoms with van der Waals surface area (Å²) in [6.07, 6.45) is 14.6. The summed E-state index contributed by atoms with van der Waals surface area (Å²) < 4.78 is 6.66. The van der Waals surface area contributed by atoms with Gasteiger partial charge < -0.3 is 0 Å². The molecule has 52 heavy (non-hydrogen) atoms. The molecule has 0 amide bonds. The molecule has 0 spiro atoms. The Morgan fingerprint density at radius 3 is 1.77 bits per heavy atom. The van der Waals surface area contributed by atoms with Crippen molar-refractivity contribution in [2.45, 2.75) is 114 Å². The zero-order valence-corrected chi connectivity index (χ0v) is 38.5. The molecule has 4 aromatic rings. The molecule has 3 atom stereocenters. The van der Waals surface area contributed by atoms with Gasteiger partial charge in [0.1, 0.15) is 0 Å². The van der Waals surface area contributed by atoms with E-state index in [0.717, 1.165) is 5.92 Å². The van der Waals surface area contributed by atoms with Gasteiger partial charge in [0.15, 0.2) is 0 Å². The Bertz CT molecular complexity index is 2030. The molecule has 1 fully saturated rings. The smallest absolute Gasteiger partial charge is 0.147 e. The van der Waals surface area contributed by atoms with Crippen molar-refractivity contribution in [1.29, 1.82) is 0 Å². The Kier molecular flexibility index (Phi) is 12.4. The predicted molar refractivity (Wildman–Crippen MR) is 234 cm³/mol. The molecule has 0 aromatic heterocycles. The predicted octanol–water partition coefficient (Wildman–Crippen LogP) is 14.6. The molecule has 4 heteroatoms. The van der Waals surface area contributed by atoms with Crippen LogP contribution in [0.2, 0.25) is 9.26 Å². The summed E-state index contributed by atoms with van der Waals surface area (Å²) in [5.74, 6) is 1.32. The van der Waals surface area contributed by atoms with Gasteiger partial charge in [-0.05, 0) is 0 Å². The maximum atomic E-state index is 2.81. The first-order valence-electron chi connectivity index (χ1n) is 19.7. The summed E-state index contributed by atoms with van der Waals surface area (Å²) in [5, 5.41) is 0. The monoisotopic (exact) mass is 826 g/mol. The maximum absolute atomic E-state index is 3.71. The fraction of sp³-hybridized carbons (Fsp3) is 0.417. The molecule has 276 valence electrons. The number of hydrogen-bond donors (Lipinski definition) is 0. The Hall–Kier alpha value is -1.96. The van der Waals surface area contributed by atoms with Gasteiger partial charge in [-0.2, -0.15) is 0 Å². The first kappa shape index (κ1) is 41.2. The molecule has 0 nitrogen and oxygen atoms in total. The molecule has 3 aliphatic carbocycles. The second-order valence-electron chi connectivity index (χ2n) is 18.4. The van der Waals surface area contributed by atoms with Crippen LogP contribution >= 0.6 is 24.8 Å². The Morgan fingerprint density at radius 1 is 0.712 bits per heavy atom. The molecule has 0 bridgehead atoms. The second-order valence-corrected chi connectivity index (χ2v) is 48.9. The summed E-state index contributed by atoms with van der Waals surface area (Å²) in [6, 6.07) is 33.6. The largest absolute Gasteiger partial charge is 0.147 e. The third kappa shape index (κ3) is 7.50. The minimum Gasteiger partial charge on any atom is -0.147 e. The van der Waals surface area contributed by atoms with Crippen molar-refractivity contribution in [3.05, 3.63) is 129 Å². The number of allylic oxidation sites excluding steroid dienone is 2. The molecule has 0 radical (unpaired) electrons. The van der Waals surface area contributed by atoms with Crippen LogP contribution in [-0.4, -0.2) is 6.88 Å². The number of rotatable bonds is 8. The molecule has 4 aromatic carbocycles. The number of halogens is 2. The van der Waals surface area contributed by atoms with E-state index in [-0.39, 0.29) is 30.2 Å². The van der Waals surface area contributed by atoms with Crippen LogP contribution in [0, 0.1) is 5.92 Å². The Morgan fingerprint density at radius 2 is 1.23 bits per heavy atom. The van der Waals surface area contributed by atoms with E-state index >= 15 is 0 Å². The molecule has 3 aliphatic rings. The van der Waals surface area contributed by atoms with Crippen molar-refractivity contribution >= 4 is 43.8 Å². The molecule has 1 saturated carbocycles. The van der Waals surface area contributed by atoms with E-state index in [2.05, 4.69) is 155 Å². The van der Waals surface area contributed by atoms with Crippen LogP contribution in [0.25, 0.3) is 34.4 Å². The van der Waals surface area contributed by atoms with Crippen molar-refractivity contribution in [3.8, 4) is 22.3 Å². The van der Waals surface area contributed by atoms with E-state index in [9.17, 15) is 0 Å². The van der Waals surface area contributed by atoms with Crippen molar-refractivity contribution in [2.75, 3.05) is 0 Å². The van der Waals surface area contributed by atoms with Gasteiger partial charge in [-0.1, -0.05) is 0 Å². The van der Waals surface area contributed by atoms with Crippen molar-refractivity contribution in [3.63, 3.8) is 0 Å². The summed E-state index contributed by atoms with van der Waals surface area (Å²) in [7, 11) is 0. The summed E-state index contributed by atoms with van der Waals surface area (Å²) in [4.78, 5) is 0. The number of benzene rings is 4. The molecule has 0 N–H and O–H groups in total. The van der Waals surface area contributed by atoms with Gasteiger partial charge in [0.2, 0.25) is 0 Å². The van der Waals surface area contributed by atoms with Gasteiger partial charge in [0.05, 0.1) is 0 Å². The zero-order chi connectivity index (χ0) is 35.4. The van der Waals surface area contributed by atoms with Gasteiger partial charge >= 0.3 is 308 Å². The van der Waals surface area contributed by atoms with Crippen LogP contribution in [0.3, 0.4) is 0 Å². The van der Waals surface area contributed by atoms with E-state index in [4.69, 9.17) is 0 Å². The standard InChI is InChI=1S/C24H29.C22H23.2CH3.2ClH.H2Si.Zr/c1-6-8-17(2)20-15-19-9-7-10-22(23(19)16-20)18-11-13-21(14-12-18)24(3,4)5;1-16-14-20-8-5-9-21(22(20)15-16)19-12-10-18(11-13-19)17-6-3-2-4-7-17;;;;;;/h7,9-17H,6,8H2,1-5H3;5,8-15,17H,2-4,6-7H2,1H3;2*1H3;2*1H;1H2;. The van der Waals surface area contributed by atoms with E-state index in [1.54, 1.807) is 27.8 Å². The van der Waals surface area contributed by atoms with Gasteiger partial charge in [0.25, 0.3) is 0 Å². The summed E-state index contributed by atoms with van der Waals surface area (Å²) >= 11 is -3.71.